The summed E-state index contributed by atoms with van der Waals surface area (Å²) in [5.74, 6) is -0.832. The molecule has 3 rings (SSSR count). The van der Waals surface area contributed by atoms with Crippen LogP contribution in [0.15, 0.2) is 22.8 Å². The Kier molecular flexibility index (Phi) is 6.51. The Morgan fingerprint density at radius 3 is 2.76 bits per heavy atom. The van der Waals surface area contributed by atoms with Gasteiger partial charge in [0, 0.05) is 22.4 Å². The Labute approximate surface area is 178 Å². The predicted molar refractivity (Wildman–Crippen MR) is 106 cm³/mol. The van der Waals surface area contributed by atoms with Crippen LogP contribution in [0, 0.1) is 17.2 Å². The topological polar surface area (TPSA) is 93.9 Å². The maximum Gasteiger partial charge on any atom is 0.421 e. The Bertz CT molecular complexity index is 950. The minimum absolute atomic E-state index is 0.0747. The molecule has 0 aliphatic heterocycles. The lowest BCUT2D eigenvalue weighted by Gasteiger charge is -2.20. The molecular formula is C18H16BrClF3N5O. The summed E-state index contributed by atoms with van der Waals surface area (Å²) in [6, 6.07) is 4.82. The fourth-order valence-electron chi connectivity index (χ4n) is 3.18. The summed E-state index contributed by atoms with van der Waals surface area (Å²) >= 11 is 9.35. The average Bonchev–Trinajstić information content (AvgIpc) is 3.11. The van der Waals surface area contributed by atoms with Gasteiger partial charge in [-0.3, -0.25) is 0 Å². The van der Waals surface area contributed by atoms with E-state index in [0.717, 1.165) is 6.42 Å². The molecule has 1 aromatic heterocycles. The fourth-order valence-corrected chi connectivity index (χ4v) is 3.78. The predicted octanol–water partition coefficient (Wildman–Crippen LogP) is 5.25. The third kappa shape index (κ3) is 4.91. The van der Waals surface area contributed by atoms with Gasteiger partial charge >= 0.3 is 6.18 Å². The maximum absolute atomic E-state index is 13.4. The first-order valence-electron chi connectivity index (χ1n) is 8.69. The van der Waals surface area contributed by atoms with Crippen LogP contribution in [0.4, 0.5) is 30.6 Å². The van der Waals surface area contributed by atoms with Crippen LogP contribution in [0.2, 0.25) is 5.02 Å². The highest BCUT2D eigenvalue weighted by Crippen LogP contribution is 2.37. The fraction of sp³-hybridized carbons (Fsp3) is 0.389. The molecule has 1 aliphatic carbocycles. The van der Waals surface area contributed by atoms with E-state index in [2.05, 4.69) is 42.6 Å². The highest BCUT2D eigenvalue weighted by molar-refractivity contribution is 9.10. The van der Waals surface area contributed by atoms with Crippen molar-refractivity contribution in [2.24, 2.45) is 5.92 Å². The van der Waals surface area contributed by atoms with Crippen LogP contribution in [0.25, 0.3) is 0 Å². The van der Waals surface area contributed by atoms with Crippen LogP contribution in [-0.2, 0) is 12.8 Å². The molecule has 11 heteroatoms. The Morgan fingerprint density at radius 1 is 1.34 bits per heavy atom. The molecule has 0 bridgehead atoms. The zero-order valence-electron chi connectivity index (χ0n) is 14.9. The summed E-state index contributed by atoms with van der Waals surface area (Å²) in [5, 5.41) is 24.5. The number of anilines is 3. The minimum atomic E-state index is -4.65. The van der Waals surface area contributed by atoms with E-state index in [1.165, 1.54) is 6.07 Å². The van der Waals surface area contributed by atoms with Crippen LogP contribution < -0.4 is 10.6 Å². The highest BCUT2D eigenvalue weighted by Gasteiger charge is 2.37. The van der Waals surface area contributed by atoms with E-state index in [1.807, 2.05) is 0 Å². The van der Waals surface area contributed by atoms with Crippen molar-refractivity contribution in [2.75, 3.05) is 10.6 Å². The van der Waals surface area contributed by atoms with Crippen molar-refractivity contribution >= 4 is 45.0 Å². The standard InChI is InChI=1S/C18H16BrClF3N5O/c19-15-10(8-29)4-11(5-13(15)20)26-17-25-7-12(18(21,22)23)16(28-17)27-14-3-1-2-9(14)6-24/h4-5,7,9,14,29H,1-3,8H2,(H2,25,26,27,28)/t9-,14+/m0/s1. The zero-order chi connectivity index (χ0) is 21.2. The molecule has 6 nitrogen and oxygen atoms in total. The molecular weight excluding hydrogens is 475 g/mol. The van der Waals surface area contributed by atoms with Gasteiger partial charge in [0.1, 0.15) is 11.4 Å². The average molecular weight is 491 g/mol. The number of nitrogens with one attached hydrogen (secondary N) is 2. The second kappa shape index (κ2) is 8.73. The van der Waals surface area contributed by atoms with Crippen molar-refractivity contribution in [1.29, 1.82) is 5.26 Å². The number of nitrogens with zero attached hydrogens (tertiary/aromatic N) is 3. The molecule has 29 heavy (non-hydrogen) atoms. The van der Waals surface area contributed by atoms with Crippen LogP contribution >= 0.6 is 27.5 Å². The van der Waals surface area contributed by atoms with Crippen LogP contribution in [0.5, 0.6) is 0 Å². The summed E-state index contributed by atoms with van der Waals surface area (Å²) in [6.45, 7) is -0.284. The van der Waals surface area contributed by atoms with E-state index in [-0.39, 0.29) is 24.3 Å². The summed E-state index contributed by atoms with van der Waals surface area (Å²) in [7, 11) is 0. The Hall–Kier alpha value is -2.09. The second-order valence-corrected chi connectivity index (χ2v) is 7.79. The van der Waals surface area contributed by atoms with Gasteiger partial charge in [-0.1, -0.05) is 11.6 Å². The number of aliphatic hydroxyl groups is 1. The molecule has 0 spiro atoms. The molecule has 2 atom stereocenters. The molecule has 1 aliphatic rings. The van der Waals surface area contributed by atoms with Gasteiger partial charge in [0.25, 0.3) is 0 Å². The van der Waals surface area contributed by atoms with Gasteiger partial charge in [-0.2, -0.15) is 23.4 Å². The zero-order valence-corrected chi connectivity index (χ0v) is 17.2. The summed E-state index contributed by atoms with van der Waals surface area (Å²) in [4.78, 5) is 7.75. The van der Waals surface area contributed by atoms with Gasteiger partial charge in [0.2, 0.25) is 5.95 Å². The van der Waals surface area contributed by atoms with E-state index in [4.69, 9.17) is 11.6 Å². The van der Waals surface area contributed by atoms with Gasteiger partial charge in [-0.05, 0) is 52.9 Å². The van der Waals surface area contributed by atoms with Crippen molar-refractivity contribution < 1.29 is 18.3 Å². The van der Waals surface area contributed by atoms with E-state index in [1.54, 1.807) is 6.07 Å². The number of aromatic nitrogens is 2. The largest absolute Gasteiger partial charge is 0.421 e. The van der Waals surface area contributed by atoms with Crippen molar-refractivity contribution in [3.05, 3.63) is 39.0 Å². The Morgan fingerprint density at radius 2 is 2.10 bits per heavy atom. The van der Waals surface area contributed by atoms with Crippen LogP contribution in [0.3, 0.4) is 0 Å². The van der Waals surface area contributed by atoms with Gasteiger partial charge in [-0.25, -0.2) is 4.98 Å². The van der Waals surface area contributed by atoms with Gasteiger partial charge < -0.3 is 15.7 Å². The molecule has 0 amide bonds. The summed E-state index contributed by atoms with van der Waals surface area (Å²) < 4.78 is 40.7. The van der Waals surface area contributed by atoms with E-state index in [0.29, 0.717) is 39.8 Å². The van der Waals surface area contributed by atoms with E-state index in [9.17, 15) is 23.5 Å². The lowest BCUT2D eigenvalue weighted by molar-refractivity contribution is -0.137. The van der Waals surface area contributed by atoms with Crippen molar-refractivity contribution in [3.8, 4) is 6.07 Å². The first-order valence-corrected chi connectivity index (χ1v) is 9.86. The third-order valence-corrected chi connectivity index (χ3v) is 6.09. The number of hydrogen-bond donors (Lipinski definition) is 3. The van der Waals surface area contributed by atoms with E-state index < -0.39 is 17.8 Å². The second-order valence-electron chi connectivity index (χ2n) is 6.59. The smallest absolute Gasteiger partial charge is 0.392 e. The lowest BCUT2D eigenvalue weighted by Crippen LogP contribution is -2.26. The molecule has 1 aromatic carbocycles. The van der Waals surface area contributed by atoms with Gasteiger partial charge in [-0.15, -0.1) is 0 Å². The molecule has 3 N–H and O–H groups in total. The van der Waals surface area contributed by atoms with Gasteiger partial charge in [0.05, 0.1) is 23.6 Å². The van der Waals surface area contributed by atoms with Crippen molar-refractivity contribution in [1.82, 2.24) is 9.97 Å². The molecule has 1 fully saturated rings. The maximum atomic E-state index is 13.4. The monoisotopic (exact) mass is 489 g/mol. The molecule has 2 aromatic rings. The van der Waals surface area contributed by atoms with E-state index >= 15 is 0 Å². The number of alkyl halides is 3. The highest BCUT2D eigenvalue weighted by atomic mass is 79.9. The number of halogens is 5. The van der Waals surface area contributed by atoms with Crippen molar-refractivity contribution in [3.63, 3.8) is 0 Å². The third-order valence-electron chi connectivity index (χ3n) is 4.63. The quantitative estimate of drug-likeness (QED) is 0.530. The number of aliphatic hydroxyl groups excluding tert-OH is 1. The van der Waals surface area contributed by atoms with Crippen molar-refractivity contribution in [2.45, 2.75) is 38.1 Å². The SMILES string of the molecule is N#C[C@@H]1CCC[C@H]1Nc1nc(Nc2cc(Cl)c(Br)c(CO)c2)ncc1C(F)(F)F. The van der Waals surface area contributed by atoms with Crippen LogP contribution in [0.1, 0.15) is 30.4 Å². The van der Waals surface area contributed by atoms with Crippen LogP contribution in [-0.4, -0.2) is 21.1 Å². The molecule has 1 saturated carbocycles. The molecule has 0 unspecified atom stereocenters. The summed E-state index contributed by atoms with van der Waals surface area (Å²) in [6.07, 6.45) is -1.97. The van der Waals surface area contributed by atoms with Gasteiger partial charge in [0.15, 0.2) is 0 Å². The Balaban J connectivity index is 1.93. The number of nitriles is 1. The normalized spacial score (nSPS) is 19.1. The number of rotatable bonds is 5. The molecule has 154 valence electrons. The first kappa shape index (κ1) is 21.6. The first-order chi connectivity index (χ1) is 13.7. The number of benzene rings is 1. The molecule has 1 heterocycles. The summed E-state index contributed by atoms with van der Waals surface area (Å²) in [5.41, 5.74) is -0.103. The molecule has 0 saturated heterocycles. The molecule has 0 radical (unpaired) electrons. The minimum Gasteiger partial charge on any atom is -0.392 e. The lowest BCUT2D eigenvalue weighted by atomic mass is 10.1. The number of hydrogen-bond acceptors (Lipinski definition) is 6.